The molecule has 0 spiro atoms. The summed E-state index contributed by atoms with van der Waals surface area (Å²) in [5, 5.41) is 7.70. The molecule has 1 aromatic carbocycles. The topological polar surface area (TPSA) is 29.9 Å². The third-order valence-electron chi connectivity index (χ3n) is 2.62. The van der Waals surface area contributed by atoms with Gasteiger partial charge in [0.05, 0.1) is 17.3 Å². The number of rotatable bonds is 5. The van der Waals surface area contributed by atoms with Gasteiger partial charge in [-0.15, -0.1) is 0 Å². The summed E-state index contributed by atoms with van der Waals surface area (Å²) < 4.78 is 15.4. The smallest absolute Gasteiger partial charge is 0.146 e. The third kappa shape index (κ3) is 3.09. The van der Waals surface area contributed by atoms with Crippen LogP contribution in [0.1, 0.15) is 18.2 Å². The molecular formula is C13H15ClFN3. The molecule has 0 amide bonds. The van der Waals surface area contributed by atoms with E-state index in [2.05, 4.69) is 10.4 Å². The number of nitrogens with zero attached hydrogens (tertiary/aromatic N) is 2. The quantitative estimate of drug-likeness (QED) is 0.903. The van der Waals surface area contributed by atoms with Crippen molar-refractivity contribution in [2.75, 3.05) is 6.54 Å². The molecule has 2 rings (SSSR count). The van der Waals surface area contributed by atoms with Crippen molar-refractivity contribution in [1.29, 1.82) is 0 Å². The normalized spacial score (nSPS) is 10.8. The van der Waals surface area contributed by atoms with Crippen LogP contribution in [0.2, 0.25) is 5.02 Å². The molecule has 0 atom stereocenters. The number of halogens is 2. The highest BCUT2D eigenvalue weighted by Gasteiger charge is 2.07. The van der Waals surface area contributed by atoms with E-state index in [-0.39, 0.29) is 10.8 Å². The average Bonchev–Trinajstić information content (AvgIpc) is 2.80. The van der Waals surface area contributed by atoms with Gasteiger partial charge in [-0.1, -0.05) is 30.7 Å². The van der Waals surface area contributed by atoms with Gasteiger partial charge in [-0.25, -0.2) is 4.39 Å². The highest BCUT2D eigenvalue weighted by molar-refractivity contribution is 6.30. The summed E-state index contributed by atoms with van der Waals surface area (Å²) in [4.78, 5) is 0. The molecule has 0 aliphatic heterocycles. The molecule has 18 heavy (non-hydrogen) atoms. The predicted molar refractivity (Wildman–Crippen MR) is 70.1 cm³/mol. The average molecular weight is 268 g/mol. The van der Waals surface area contributed by atoms with Crippen molar-refractivity contribution in [2.45, 2.75) is 20.0 Å². The van der Waals surface area contributed by atoms with Gasteiger partial charge >= 0.3 is 0 Å². The fraction of sp³-hybridized carbons (Fsp3) is 0.308. The third-order valence-corrected chi connectivity index (χ3v) is 2.91. The largest absolute Gasteiger partial charge is 0.311 e. The van der Waals surface area contributed by atoms with E-state index in [1.165, 1.54) is 0 Å². The number of hydrogen-bond donors (Lipinski definition) is 1. The first-order valence-corrected chi connectivity index (χ1v) is 6.24. The van der Waals surface area contributed by atoms with E-state index >= 15 is 0 Å². The van der Waals surface area contributed by atoms with Crippen LogP contribution >= 0.6 is 11.6 Å². The lowest BCUT2D eigenvalue weighted by molar-refractivity contribution is 0.580. The van der Waals surface area contributed by atoms with Crippen molar-refractivity contribution in [2.24, 2.45) is 0 Å². The summed E-state index contributed by atoms with van der Waals surface area (Å²) in [6.45, 7) is 4.05. The molecule has 96 valence electrons. The molecule has 1 aromatic heterocycles. The number of aromatic nitrogens is 2. The van der Waals surface area contributed by atoms with Crippen LogP contribution in [0.15, 0.2) is 30.5 Å². The minimum Gasteiger partial charge on any atom is -0.311 e. The first-order valence-electron chi connectivity index (χ1n) is 5.86. The highest BCUT2D eigenvalue weighted by atomic mass is 35.5. The first-order chi connectivity index (χ1) is 8.70. The zero-order valence-electron chi connectivity index (χ0n) is 10.2. The summed E-state index contributed by atoms with van der Waals surface area (Å²) in [5.74, 6) is -0.372. The Morgan fingerprint density at radius 1 is 1.39 bits per heavy atom. The highest BCUT2D eigenvalue weighted by Crippen LogP contribution is 2.18. The first kappa shape index (κ1) is 13.1. The second-order valence-corrected chi connectivity index (χ2v) is 4.41. The van der Waals surface area contributed by atoms with Gasteiger partial charge in [-0.3, -0.25) is 4.68 Å². The Morgan fingerprint density at radius 2 is 2.22 bits per heavy atom. The van der Waals surface area contributed by atoms with E-state index < -0.39 is 0 Å². The van der Waals surface area contributed by atoms with Gasteiger partial charge < -0.3 is 5.32 Å². The molecule has 0 fully saturated rings. The van der Waals surface area contributed by atoms with Gasteiger partial charge in [-0.2, -0.15) is 5.10 Å². The summed E-state index contributed by atoms with van der Waals surface area (Å²) in [6.07, 6.45) is 1.84. The Bertz CT molecular complexity index is 525. The van der Waals surface area contributed by atoms with Crippen LogP contribution in [-0.4, -0.2) is 16.3 Å². The van der Waals surface area contributed by atoms with Crippen LogP contribution in [0, 0.1) is 5.82 Å². The Hall–Kier alpha value is -1.39. The van der Waals surface area contributed by atoms with Crippen molar-refractivity contribution in [3.63, 3.8) is 0 Å². The summed E-state index contributed by atoms with van der Waals surface area (Å²) in [7, 11) is 0. The van der Waals surface area contributed by atoms with Crippen molar-refractivity contribution in [3.05, 3.63) is 52.6 Å². The molecule has 0 radical (unpaired) electrons. The number of benzene rings is 1. The molecule has 0 bridgehead atoms. The molecule has 3 nitrogen and oxygen atoms in total. The van der Waals surface area contributed by atoms with Crippen molar-refractivity contribution in [1.82, 2.24) is 15.1 Å². The van der Waals surface area contributed by atoms with Crippen LogP contribution < -0.4 is 5.32 Å². The van der Waals surface area contributed by atoms with Gasteiger partial charge in [0.1, 0.15) is 5.82 Å². The Kier molecular flexibility index (Phi) is 4.33. The maximum Gasteiger partial charge on any atom is 0.146 e. The lowest BCUT2D eigenvalue weighted by atomic mass is 10.2. The zero-order chi connectivity index (χ0) is 13.0. The molecule has 0 aliphatic carbocycles. The van der Waals surface area contributed by atoms with Gasteiger partial charge in [0.15, 0.2) is 0 Å². The molecule has 1 heterocycles. The van der Waals surface area contributed by atoms with Crippen LogP contribution in [0.5, 0.6) is 0 Å². The van der Waals surface area contributed by atoms with E-state index in [4.69, 9.17) is 11.6 Å². The molecule has 2 aromatic rings. The molecular weight excluding hydrogens is 253 g/mol. The van der Waals surface area contributed by atoms with Crippen LogP contribution in [0.4, 0.5) is 4.39 Å². The van der Waals surface area contributed by atoms with E-state index in [0.717, 1.165) is 18.8 Å². The number of hydrogen-bond acceptors (Lipinski definition) is 2. The lowest BCUT2D eigenvalue weighted by Gasteiger charge is -2.04. The summed E-state index contributed by atoms with van der Waals surface area (Å²) >= 11 is 5.74. The maximum absolute atomic E-state index is 13.7. The monoisotopic (exact) mass is 267 g/mol. The van der Waals surface area contributed by atoms with Crippen LogP contribution in [0.3, 0.4) is 0 Å². The SMILES string of the molecule is CCNCc1ccn(Cc2cccc(Cl)c2F)n1. The minimum absolute atomic E-state index is 0.146. The zero-order valence-corrected chi connectivity index (χ0v) is 10.9. The fourth-order valence-corrected chi connectivity index (χ4v) is 1.88. The van der Waals surface area contributed by atoms with Crippen LogP contribution in [-0.2, 0) is 13.1 Å². The second kappa shape index (κ2) is 5.98. The standard InChI is InChI=1S/C13H15ClFN3/c1-2-16-8-11-6-7-18(17-11)9-10-4-3-5-12(14)13(10)15/h3-7,16H,2,8-9H2,1H3. The Balaban J connectivity index is 2.09. The van der Waals surface area contributed by atoms with Crippen molar-refractivity contribution in [3.8, 4) is 0 Å². The lowest BCUT2D eigenvalue weighted by Crippen LogP contribution is -2.12. The van der Waals surface area contributed by atoms with E-state index in [9.17, 15) is 4.39 Å². The summed E-state index contributed by atoms with van der Waals surface area (Å²) in [5.41, 5.74) is 1.49. The predicted octanol–water partition coefficient (Wildman–Crippen LogP) is 2.83. The van der Waals surface area contributed by atoms with Crippen LogP contribution in [0.25, 0.3) is 0 Å². The molecule has 0 saturated carbocycles. The van der Waals surface area contributed by atoms with E-state index in [1.807, 2.05) is 19.2 Å². The Labute approximate surface area is 111 Å². The van der Waals surface area contributed by atoms with E-state index in [1.54, 1.807) is 22.9 Å². The molecule has 5 heteroatoms. The molecule has 0 unspecified atom stereocenters. The van der Waals surface area contributed by atoms with Gasteiger partial charge in [0.2, 0.25) is 0 Å². The maximum atomic E-state index is 13.7. The molecule has 0 aliphatic rings. The van der Waals surface area contributed by atoms with E-state index in [0.29, 0.717) is 12.1 Å². The van der Waals surface area contributed by atoms with Crippen molar-refractivity contribution < 1.29 is 4.39 Å². The van der Waals surface area contributed by atoms with Crippen molar-refractivity contribution >= 4 is 11.6 Å². The summed E-state index contributed by atoms with van der Waals surface area (Å²) in [6, 6.07) is 6.92. The molecule has 1 N–H and O–H groups in total. The number of nitrogens with one attached hydrogen (secondary N) is 1. The Morgan fingerprint density at radius 3 is 3.00 bits per heavy atom. The minimum atomic E-state index is -0.372. The second-order valence-electron chi connectivity index (χ2n) is 4.00. The fourth-order valence-electron chi connectivity index (χ4n) is 1.68. The van der Waals surface area contributed by atoms with Gasteiger partial charge in [0, 0.05) is 18.3 Å². The molecule has 0 saturated heterocycles. The van der Waals surface area contributed by atoms with Gasteiger partial charge in [0.25, 0.3) is 0 Å². The van der Waals surface area contributed by atoms with Gasteiger partial charge in [-0.05, 0) is 18.7 Å².